The number of ketones is 1. The first-order valence-electron chi connectivity index (χ1n) is 4.28. The first kappa shape index (κ1) is 5.34. The summed E-state index contributed by atoms with van der Waals surface area (Å²) < 4.78 is 0. The van der Waals surface area contributed by atoms with Crippen LogP contribution in [-0.4, -0.2) is 5.78 Å². The molecule has 0 aromatic heterocycles. The van der Waals surface area contributed by atoms with Crippen LogP contribution in [0.25, 0.3) is 0 Å². The van der Waals surface area contributed by atoms with Crippen LogP contribution in [0, 0.1) is 10.8 Å². The molecule has 0 unspecified atom stereocenters. The third kappa shape index (κ3) is 0.480. The van der Waals surface area contributed by atoms with Gasteiger partial charge in [-0.15, -0.1) is 0 Å². The lowest BCUT2D eigenvalue weighted by molar-refractivity contribution is -0.121. The Bertz CT molecular complexity index is 209. The summed E-state index contributed by atoms with van der Waals surface area (Å²) in [6, 6.07) is 0. The molecule has 3 fully saturated rings. The number of rotatable bonds is 0. The monoisotopic (exact) mass is 136 g/mol. The fourth-order valence-electron chi connectivity index (χ4n) is 2.54. The number of hydrogen-bond acceptors (Lipinski definition) is 1. The Labute approximate surface area is 60.8 Å². The summed E-state index contributed by atoms with van der Waals surface area (Å²) in [6.45, 7) is 0. The normalized spacial score (nSPS) is 37.4. The minimum absolute atomic E-state index is 0.260. The van der Waals surface area contributed by atoms with Crippen LogP contribution >= 0.6 is 0 Å². The van der Waals surface area contributed by atoms with Gasteiger partial charge in [0, 0.05) is 11.8 Å². The first-order chi connectivity index (χ1) is 4.75. The van der Waals surface area contributed by atoms with E-state index in [4.69, 9.17) is 0 Å². The first-order valence-corrected chi connectivity index (χ1v) is 4.28. The van der Waals surface area contributed by atoms with Crippen LogP contribution in [0.1, 0.15) is 38.5 Å². The highest BCUT2D eigenvalue weighted by atomic mass is 16.1. The molecule has 0 radical (unpaired) electrons. The van der Waals surface area contributed by atoms with Crippen LogP contribution in [-0.2, 0) is 4.79 Å². The van der Waals surface area contributed by atoms with E-state index < -0.39 is 0 Å². The number of hydrogen-bond donors (Lipinski definition) is 0. The maximum absolute atomic E-state index is 11.4. The van der Waals surface area contributed by atoms with Crippen LogP contribution in [0.3, 0.4) is 0 Å². The van der Waals surface area contributed by atoms with Gasteiger partial charge >= 0.3 is 0 Å². The second kappa shape index (κ2) is 1.19. The largest absolute Gasteiger partial charge is 0.299 e. The lowest BCUT2D eigenvalue weighted by Crippen LogP contribution is -2.04. The highest BCUT2D eigenvalue weighted by molar-refractivity contribution is 5.90. The van der Waals surface area contributed by atoms with E-state index >= 15 is 0 Å². The third-order valence-electron chi connectivity index (χ3n) is 3.65. The molecule has 10 heavy (non-hydrogen) atoms. The van der Waals surface area contributed by atoms with E-state index in [1.54, 1.807) is 0 Å². The van der Waals surface area contributed by atoms with Gasteiger partial charge in [0.1, 0.15) is 5.78 Å². The van der Waals surface area contributed by atoms with E-state index in [1.165, 1.54) is 32.1 Å². The lowest BCUT2D eigenvalue weighted by Gasteiger charge is -2.02. The Morgan fingerprint density at radius 2 is 1.80 bits per heavy atom. The van der Waals surface area contributed by atoms with Crippen molar-refractivity contribution >= 4 is 5.78 Å². The standard InChI is InChI=1S/C9H12O/c10-7-5-8(1-2-8)6-9(7)3-4-9/h1-6H2. The van der Waals surface area contributed by atoms with E-state index in [2.05, 4.69) is 0 Å². The molecule has 3 rings (SSSR count). The lowest BCUT2D eigenvalue weighted by atomic mass is 10.0. The van der Waals surface area contributed by atoms with Gasteiger partial charge in [-0.3, -0.25) is 4.79 Å². The van der Waals surface area contributed by atoms with Crippen LogP contribution in [0.15, 0.2) is 0 Å². The summed E-state index contributed by atoms with van der Waals surface area (Å²) in [4.78, 5) is 11.4. The summed E-state index contributed by atoms with van der Waals surface area (Å²) in [5, 5.41) is 0. The molecule has 3 aliphatic rings. The Morgan fingerprint density at radius 3 is 2.10 bits per heavy atom. The van der Waals surface area contributed by atoms with Gasteiger partial charge in [-0.05, 0) is 37.5 Å². The van der Waals surface area contributed by atoms with Crippen molar-refractivity contribution in [2.45, 2.75) is 38.5 Å². The van der Waals surface area contributed by atoms with Gasteiger partial charge in [0.25, 0.3) is 0 Å². The predicted octanol–water partition coefficient (Wildman–Crippen LogP) is 1.91. The summed E-state index contributed by atoms with van der Waals surface area (Å²) in [6.07, 6.45) is 7.33. The van der Waals surface area contributed by atoms with Gasteiger partial charge in [0.2, 0.25) is 0 Å². The van der Waals surface area contributed by atoms with Crippen molar-refractivity contribution in [3.05, 3.63) is 0 Å². The SMILES string of the molecule is O=C1CC2(CC2)CC12CC2. The van der Waals surface area contributed by atoms with Gasteiger partial charge in [-0.1, -0.05) is 0 Å². The Morgan fingerprint density at radius 1 is 1.10 bits per heavy atom. The van der Waals surface area contributed by atoms with Gasteiger partial charge in [0.15, 0.2) is 0 Å². The van der Waals surface area contributed by atoms with Crippen molar-refractivity contribution in [3.63, 3.8) is 0 Å². The van der Waals surface area contributed by atoms with Crippen molar-refractivity contribution in [1.29, 1.82) is 0 Å². The second-order valence-corrected chi connectivity index (χ2v) is 4.56. The quantitative estimate of drug-likeness (QED) is 0.497. The molecule has 1 heteroatoms. The summed E-state index contributed by atoms with van der Waals surface area (Å²) >= 11 is 0. The van der Waals surface area contributed by atoms with E-state index in [0.717, 1.165) is 6.42 Å². The molecule has 54 valence electrons. The average Bonchev–Trinajstić information content (AvgIpc) is 2.69. The predicted molar refractivity (Wildman–Crippen MR) is 37.6 cm³/mol. The molecule has 3 aliphatic carbocycles. The summed E-state index contributed by atoms with van der Waals surface area (Å²) in [7, 11) is 0. The van der Waals surface area contributed by atoms with E-state index in [0.29, 0.717) is 11.2 Å². The topological polar surface area (TPSA) is 17.1 Å². The summed E-state index contributed by atoms with van der Waals surface area (Å²) in [5.74, 6) is 0.602. The van der Waals surface area contributed by atoms with Crippen molar-refractivity contribution in [2.75, 3.05) is 0 Å². The highest BCUT2D eigenvalue weighted by Gasteiger charge is 2.64. The molecule has 0 aliphatic heterocycles. The molecule has 0 aromatic carbocycles. The third-order valence-corrected chi connectivity index (χ3v) is 3.65. The Hall–Kier alpha value is -0.330. The zero-order valence-corrected chi connectivity index (χ0v) is 6.15. The molecule has 0 N–H and O–H groups in total. The Balaban J connectivity index is 1.96. The molecule has 0 atom stereocenters. The molecule has 0 bridgehead atoms. The van der Waals surface area contributed by atoms with E-state index in [1.807, 2.05) is 0 Å². The zero-order valence-electron chi connectivity index (χ0n) is 6.15. The summed E-state index contributed by atoms with van der Waals surface area (Å²) in [5.41, 5.74) is 0.823. The van der Waals surface area contributed by atoms with Crippen molar-refractivity contribution < 1.29 is 4.79 Å². The fourth-order valence-corrected chi connectivity index (χ4v) is 2.54. The number of carbonyl (C=O) groups excluding carboxylic acids is 1. The molecular weight excluding hydrogens is 124 g/mol. The highest BCUT2D eigenvalue weighted by Crippen LogP contribution is 2.69. The van der Waals surface area contributed by atoms with Crippen LogP contribution in [0.4, 0.5) is 0 Å². The average molecular weight is 136 g/mol. The minimum Gasteiger partial charge on any atom is -0.299 e. The second-order valence-electron chi connectivity index (χ2n) is 4.56. The van der Waals surface area contributed by atoms with Crippen LogP contribution in [0.5, 0.6) is 0 Å². The maximum Gasteiger partial charge on any atom is 0.139 e. The molecule has 0 saturated heterocycles. The number of carbonyl (C=O) groups is 1. The van der Waals surface area contributed by atoms with Crippen molar-refractivity contribution in [2.24, 2.45) is 10.8 Å². The fraction of sp³-hybridized carbons (Fsp3) is 0.889. The Kier molecular flexibility index (Phi) is 0.637. The van der Waals surface area contributed by atoms with Gasteiger partial charge in [-0.2, -0.15) is 0 Å². The van der Waals surface area contributed by atoms with Crippen molar-refractivity contribution in [3.8, 4) is 0 Å². The zero-order chi connectivity index (χ0) is 6.82. The maximum atomic E-state index is 11.4. The molecule has 3 saturated carbocycles. The van der Waals surface area contributed by atoms with Crippen LogP contribution < -0.4 is 0 Å². The molecule has 0 aromatic rings. The number of Topliss-reactive ketones (excluding diaryl/α,β-unsaturated/α-hetero) is 1. The smallest absolute Gasteiger partial charge is 0.139 e. The van der Waals surface area contributed by atoms with E-state index in [-0.39, 0.29) is 5.41 Å². The van der Waals surface area contributed by atoms with Crippen LogP contribution in [0.2, 0.25) is 0 Å². The molecule has 1 nitrogen and oxygen atoms in total. The van der Waals surface area contributed by atoms with Crippen molar-refractivity contribution in [1.82, 2.24) is 0 Å². The van der Waals surface area contributed by atoms with Gasteiger partial charge in [0.05, 0.1) is 0 Å². The molecule has 0 heterocycles. The molecule has 0 amide bonds. The minimum atomic E-state index is 0.260. The van der Waals surface area contributed by atoms with Gasteiger partial charge < -0.3 is 0 Å². The van der Waals surface area contributed by atoms with Gasteiger partial charge in [-0.25, -0.2) is 0 Å². The molecule has 2 spiro atoms. The molecular formula is C9H12O. The van der Waals surface area contributed by atoms with E-state index in [9.17, 15) is 4.79 Å².